The molecular formula is C11H15NO2. The summed E-state index contributed by atoms with van der Waals surface area (Å²) in [6, 6.07) is 7.24. The van der Waals surface area contributed by atoms with Crippen molar-refractivity contribution < 1.29 is 9.53 Å². The highest BCUT2D eigenvalue weighted by Gasteiger charge is 2.13. The summed E-state index contributed by atoms with van der Waals surface area (Å²) in [4.78, 5) is 13.5. The van der Waals surface area contributed by atoms with Gasteiger partial charge in [0.1, 0.15) is 5.75 Å². The first kappa shape index (κ1) is 10.6. The first-order valence-electron chi connectivity index (χ1n) is 4.59. The van der Waals surface area contributed by atoms with Gasteiger partial charge in [0.05, 0.1) is 12.7 Å². The Morgan fingerprint density at radius 3 is 2.64 bits per heavy atom. The van der Waals surface area contributed by atoms with Gasteiger partial charge in [0.15, 0.2) is 0 Å². The van der Waals surface area contributed by atoms with Crippen LogP contribution in [0.2, 0.25) is 0 Å². The summed E-state index contributed by atoms with van der Waals surface area (Å²) < 4.78 is 5.11. The maximum absolute atomic E-state index is 11.8. The van der Waals surface area contributed by atoms with Crippen molar-refractivity contribution in [1.29, 1.82) is 0 Å². The third-order valence-electron chi connectivity index (χ3n) is 2.16. The van der Waals surface area contributed by atoms with Crippen LogP contribution in [0.3, 0.4) is 0 Å². The van der Waals surface area contributed by atoms with Crippen LogP contribution in [0.5, 0.6) is 5.75 Å². The second-order valence-electron chi connectivity index (χ2n) is 3.02. The van der Waals surface area contributed by atoms with Gasteiger partial charge >= 0.3 is 0 Å². The molecule has 0 fully saturated rings. The number of hydrogen-bond donors (Lipinski definition) is 0. The molecule has 1 amide bonds. The van der Waals surface area contributed by atoms with E-state index in [4.69, 9.17) is 4.74 Å². The molecule has 0 saturated carbocycles. The lowest BCUT2D eigenvalue weighted by molar-refractivity contribution is 0.0799. The SMILES string of the molecule is CCN(C)C(=O)c1ccccc1OC. The smallest absolute Gasteiger partial charge is 0.257 e. The van der Waals surface area contributed by atoms with Gasteiger partial charge in [-0.05, 0) is 19.1 Å². The van der Waals surface area contributed by atoms with Crippen molar-refractivity contribution in [3.8, 4) is 5.75 Å². The summed E-state index contributed by atoms with van der Waals surface area (Å²) >= 11 is 0. The van der Waals surface area contributed by atoms with Crippen LogP contribution in [0.1, 0.15) is 17.3 Å². The summed E-state index contributed by atoms with van der Waals surface area (Å²) in [5, 5.41) is 0. The Hall–Kier alpha value is -1.51. The van der Waals surface area contributed by atoms with Crippen molar-refractivity contribution in [2.45, 2.75) is 6.92 Å². The molecule has 0 aliphatic carbocycles. The van der Waals surface area contributed by atoms with Gasteiger partial charge in [0.2, 0.25) is 0 Å². The quantitative estimate of drug-likeness (QED) is 0.732. The van der Waals surface area contributed by atoms with Gasteiger partial charge < -0.3 is 9.64 Å². The first-order chi connectivity index (χ1) is 6.70. The monoisotopic (exact) mass is 193 g/mol. The van der Waals surface area contributed by atoms with Gasteiger partial charge in [-0.2, -0.15) is 0 Å². The predicted molar refractivity (Wildman–Crippen MR) is 55.6 cm³/mol. The molecule has 0 bridgehead atoms. The first-order valence-corrected chi connectivity index (χ1v) is 4.59. The van der Waals surface area contributed by atoms with E-state index in [9.17, 15) is 4.79 Å². The number of nitrogens with zero attached hydrogens (tertiary/aromatic N) is 1. The number of hydrogen-bond acceptors (Lipinski definition) is 2. The Labute approximate surface area is 84.3 Å². The molecule has 0 spiro atoms. The Morgan fingerprint density at radius 1 is 1.43 bits per heavy atom. The average molecular weight is 193 g/mol. The Bertz CT molecular complexity index is 323. The minimum Gasteiger partial charge on any atom is -0.496 e. The number of rotatable bonds is 3. The van der Waals surface area contributed by atoms with Crippen molar-refractivity contribution >= 4 is 5.91 Å². The summed E-state index contributed by atoms with van der Waals surface area (Å²) in [6.45, 7) is 2.63. The fourth-order valence-corrected chi connectivity index (χ4v) is 1.17. The van der Waals surface area contributed by atoms with E-state index >= 15 is 0 Å². The van der Waals surface area contributed by atoms with E-state index in [1.54, 1.807) is 31.2 Å². The van der Waals surface area contributed by atoms with Crippen LogP contribution in [0.25, 0.3) is 0 Å². The van der Waals surface area contributed by atoms with Gasteiger partial charge in [0.25, 0.3) is 5.91 Å². The highest BCUT2D eigenvalue weighted by molar-refractivity contribution is 5.96. The van der Waals surface area contributed by atoms with Crippen molar-refractivity contribution in [2.24, 2.45) is 0 Å². The zero-order chi connectivity index (χ0) is 10.6. The number of ether oxygens (including phenoxy) is 1. The van der Waals surface area contributed by atoms with Crippen LogP contribution in [0.15, 0.2) is 24.3 Å². The zero-order valence-corrected chi connectivity index (χ0v) is 8.78. The molecule has 0 aliphatic heterocycles. The molecule has 14 heavy (non-hydrogen) atoms. The molecule has 76 valence electrons. The molecule has 0 atom stereocenters. The molecule has 0 unspecified atom stereocenters. The molecule has 0 N–H and O–H groups in total. The van der Waals surface area contributed by atoms with E-state index < -0.39 is 0 Å². The molecule has 0 heterocycles. The Morgan fingerprint density at radius 2 is 2.07 bits per heavy atom. The molecule has 0 aromatic heterocycles. The number of methoxy groups -OCH3 is 1. The van der Waals surface area contributed by atoms with Crippen LogP contribution in [0, 0.1) is 0 Å². The topological polar surface area (TPSA) is 29.5 Å². The van der Waals surface area contributed by atoms with Crippen LogP contribution >= 0.6 is 0 Å². The number of para-hydroxylation sites is 1. The van der Waals surface area contributed by atoms with E-state index in [-0.39, 0.29) is 5.91 Å². The highest BCUT2D eigenvalue weighted by Crippen LogP contribution is 2.18. The minimum absolute atomic E-state index is 0.00931. The molecule has 1 aromatic carbocycles. The van der Waals surface area contributed by atoms with Crippen LogP contribution < -0.4 is 4.74 Å². The van der Waals surface area contributed by atoms with Gasteiger partial charge in [0, 0.05) is 13.6 Å². The average Bonchev–Trinajstić information content (AvgIpc) is 2.26. The van der Waals surface area contributed by atoms with Crippen molar-refractivity contribution in [3.05, 3.63) is 29.8 Å². The third kappa shape index (κ3) is 2.05. The second kappa shape index (κ2) is 4.65. The molecule has 0 radical (unpaired) electrons. The van der Waals surface area contributed by atoms with E-state index in [2.05, 4.69) is 0 Å². The lowest BCUT2D eigenvalue weighted by atomic mass is 10.2. The second-order valence-corrected chi connectivity index (χ2v) is 3.02. The molecule has 1 aromatic rings. The van der Waals surface area contributed by atoms with Crippen molar-refractivity contribution in [2.75, 3.05) is 20.7 Å². The number of carbonyl (C=O) groups is 1. The van der Waals surface area contributed by atoms with Gasteiger partial charge in [-0.25, -0.2) is 0 Å². The van der Waals surface area contributed by atoms with Crippen molar-refractivity contribution in [1.82, 2.24) is 4.90 Å². The van der Waals surface area contributed by atoms with Gasteiger partial charge in [-0.1, -0.05) is 12.1 Å². The van der Waals surface area contributed by atoms with Crippen LogP contribution in [-0.2, 0) is 0 Å². The predicted octanol–water partition coefficient (Wildman–Crippen LogP) is 1.79. The minimum atomic E-state index is -0.00931. The normalized spacial score (nSPS) is 9.64. The summed E-state index contributed by atoms with van der Waals surface area (Å²) in [5.41, 5.74) is 0.611. The number of carbonyl (C=O) groups excluding carboxylic acids is 1. The molecule has 3 heteroatoms. The van der Waals surface area contributed by atoms with Crippen LogP contribution in [0.4, 0.5) is 0 Å². The van der Waals surface area contributed by atoms with Gasteiger partial charge in [-0.3, -0.25) is 4.79 Å². The molecule has 3 nitrogen and oxygen atoms in total. The van der Waals surface area contributed by atoms with Crippen molar-refractivity contribution in [3.63, 3.8) is 0 Å². The van der Waals surface area contributed by atoms with E-state index in [0.717, 1.165) is 0 Å². The fourth-order valence-electron chi connectivity index (χ4n) is 1.17. The Kier molecular flexibility index (Phi) is 3.51. The lowest BCUT2D eigenvalue weighted by Crippen LogP contribution is -2.26. The Balaban J connectivity index is 3.00. The molecule has 0 saturated heterocycles. The van der Waals surface area contributed by atoms with E-state index in [1.807, 2.05) is 19.1 Å². The number of amides is 1. The zero-order valence-electron chi connectivity index (χ0n) is 8.78. The molecule has 0 aliphatic rings. The number of benzene rings is 1. The maximum Gasteiger partial charge on any atom is 0.257 e. The summed E-state index contributed by atoms with van der Waals surface area (Å²) in [6.07, 6.45) is 0. The standard InChI is InChI=1S/C11H15NO2/c1-4-12(2)11(13)9-7-5-6-8-10(9)14-3/h5-8H,4H2,1-3H3. The summed E-state index contributed by atoms with van der Waals surface area (Å²) in [5.74, 6) is 0.614. The van der Waals surface area contributed by atoms with E-state index in [1.165, 1.54) is 0 Å². The maximum atomic E-state index is 11.8. The molecule has 1 rings (SSSR count). The fraction of sp³-hybridized carbons (Fsp3) is 0.364. The van der Waals surface area contributed by atoms with E-state index in [0.29, 0.717) is 17.9 Å². The third-order valence-corrected chi connectivity index (χ3v) is 2.16. The van der Waals surface area contributed by atoms with Crippen LogP contribution in [-0.4, -0.2) is 31.5 Å². The highest BCUT2D eigenvalue weighted by atomic mass is 16.5. The summed E-state index contributed by atoms with van der Waals surface area (Å²) in [7, 11) is 3.34. The largest absolute Gasteiger partial charge is 0.496 e. The molecular weight excluding hydrogens is 178 g/mol. The van der Waals surface area contributed by atoms with Gasteiger partial charge in [-0.15, -0.1) is 0 Å². The lowest BCUT2D eigenvalue weighted by Gasteiger charge is -2.16.